The molecule has 0 radical (unpaired) electrons. The lowest BCUT2D eigenvalue weighted by Crippen LogP contribution is -2.27. The number of aromatic carboxylic acids is 1. The van der Waals surface area contributed by atoms with Crippen LogP contribution in [0.25, 0.3) is 11.1 Å². The number of hydrogen-bond acceptors (Lipinski definition) is 2. The first-order valence-corrected chi connectivity index (χ1v) is 7.49. The summed E-state index contributed by atoms with van der Waals surface area (Å²) in [6, 6.07) is 10.5. The van der Waals surface area contributed by atoms with E-state index in [0.717, 1.165) is 32.0 Å². The van der Waals surface area contributed by atoms with Gasteiger partial charge in [-0.3, -0.25) is 4.79 Å². The smallest absolute Gasteiger partial charge is 0.336 e. The SMILES string of the molecule is O=C(O)c1cc(F)ccc1-c1cccc(C(=O)N2CCCC2)c1. The summed E-state index contributed by atoms with van der Waals surface area (Å²) in [7, 11) is 0. The van der Waals surface area contributed by atoms with Crippen molar-refractivity contribution in [3.05, 3.63) is 59.4 Å². The molecule has 0 aliphatic carbocycles. The minimum absolute atomic E-state index is 0.0525. The van der Waals surface area contributed by atoms with Gasteiger partial charge < -0.3 is 10.0 Å². The van der Waals surface area contributed by atoms with Crippen molar-refractivity contribution in [3.8, 4) is 11.1 Å². The molecular formula is C18H16FNO3. The number of halogens is 1. The van der Waals surface area contributed by atoms with Crippen LogP contribution in [0, 0.1) is 5.82 Å². The number of nitrogens with zero attached hydrogens (tertiary/aromatic N) is 1. The molecule has 118 valence electrons. The zero-order chi connectivity index (χ0) is 16.4. The van der Waals surface area contributed by atoms with Gasteiger partial charge in [-0.05, 0) is 48.2 Å². The van der Waals surface area contributed by atoms with Crippen LogP contribution in [0.5, 0.6) is 0 Å². The van der Waals surface area contributed by atoms with E-state index in [-0.39, 0.29) is 11.5 Å². The van der Waals surface area contributed by atoms with Gasteiger partial charge in [0, 0.05) is 18.7 Å². The molecule has 0 bridgehead atoms. The summed E-state index contributed by atoms with van der Waals surface area (Å²) in [5.41, 5.74) is 1.39. The Labute approximate surface area is 133 Å². The summed E-state index contributed by atoms with van der Waals surface area (Å²) < 4.78 is 13.3. The van der Waals surface area contributed by atoms with Crippen LogP contribution in [0.2, 0.25) is 0 Å². The Morgan fingerprint density at radius 3 is 2.48 bits per heavy atom. The number of carboxylic acids is 1. The summed E-state index contributed by atoms with van der Waals surface area (Å²) in [5, 5.41) is 9.26. The van der Waals surface area contributed by atoms with Gasteiger partial charge in [-0.25, -0.2) is 9.18 Å². The predicted molar refractivity (Wildman–Crippen MR) is 83.9 cm³/mol. The first-order valence-electron chi connectivity index (χ1n) is 7.49. The van der Waals surface area contributed by atoms with E-state index in [1.54, 1.807) is 29.2 Å². The lowest BCUT2D eigenvalue weighted by Gasteiger charge is -2.16. The minimum Gasteiger partial charge on any atom is -0.478 e. The number of benzene rings is 2. The van der Waals surface area contributed by atoms with Crippen LogP contribution in [0.3, 0.4) is 0 Å². The number of hydrogen-bond donors (Lipinski definition) is 1. The predicted octanol–water partition coefficient (Wildman–Crippen LogP) is 3.43. The Morgan fingerprint density at radius 2 is 1.78 bits per heavy atom. The van der Waals surface area contributed by atoms with Crippen molar-refractivity contribution < 1.29 is 19.1 Å². The van der Waals surface area contributed by atoms with E-state index in [2.05, 4.69) is 0 Å². The molecule has 0 saturated carbocycles. The van der Waals surface area contributed by atoms with Crippen LogP contribution >= 0.6 is 0 Å². The summed E-state index contributed by atoms with van der Waals surface area (Å²) in [4.78, 5) is 25.6. The highest BCUT2D eigenvalue weighted by Gasteiger charge is 2.20. The van der Waals surface area contributed by atoms with Crippen molar-refractivity contribution in [2.75, 3.05) is 13.1 Å². The molecule has 1 N–H and O–H groups in total. The molecule has 2 aromatic carbocycles. The first kappa shape index (κ1) is 15.2. The fraction of sp³-hybridized carbons (Fsp3) is 0.222. The maximum atomic E-state index is 13.3. The molecule has 5 heteroatoms. The lowest BCUT2D eigenvalue weighted by molar-refractivity contribution is 0.0696. The molecule has 0 aromatic heterocycles. The van der Waals surface area contributed by atoms with Gasteiger partial charge in [-0.15, -0.1) is 0 Å². The van der Waals surface area contributed by atoms with Gasteiger partial charge in [0.05, 0.1) is 5.56 Å². The second-order valence-corrected chi connectivity index (χ2v) is 5.58. The maximum Gasteiger partial charge on any atom is 0.336 e. The fourth-order valence-electron chi connectivity index (χ4n) is 2.87. The Morgan fingerprint density at radius 1 is 1.04 bits per heavy atom. The van der Waals surface area contributed by atoms with E-state index in [1.807, 2.05) is 0 Å². The van der Waals surface area contributed by atoms with Crippen molar-refractivity contribution >= 4 is 11.9 Å². The van der Waals surface area contributed by atoms with Gasteiger partial charge in [0.2, 0.25) is 0 Å². The molecule has 1 amide bonds. The summed E-state index contributed by atoms with van der Waals surface area (Å²) in [6.07, 6.45) is 2.01. The Hall–Kier alpha value is -2.69. The number of likely N-dealkylation sites (tertiary alicyclic amines) is 1. The van der Waals surface area contributed by atoms with Crippen molar-refractivity contribution in [2.24, 2.45) is 0 Å². The van der Waals surface area contributed by atoms with Gasteiger partial charge in [0.1, 0.15) is 5.82 Å². The van der Waals surface area contributed by atoms with E-state index < -0.39 is 11.8 Å². The third kappa shape index (κ3) is 3.08. The molecule has 23 heavy (non-hydrogen) atoms. The molecule has 1 fully saturated rings. The number of carbonyl (C=O) groups excluding carboxylic acids is 1. The molecule has 1 saturated heterocycles. The van der Waals surface area contributed by atoms with Gasteiger partial charge >= 0.3 is 5.97 Å². The molecular weight excluding hydrogens is 297 g/mol. The second kappa shape index (κ2) is 6.20. The van der Waals surface area contributed by atoms with E-state index in [0.29, 0.717) is 16.7 Å². The minimum atomic E-state index is -1.20. The normalized spacial score (nSPS) is 14.0. The zero-order valence-corrected chi connectivity index (χ0v) is 12.5. The van der Waals surface area contributed by atoms with Crippen LogP contribution in [0.4, 0.5) is 4.39 Å². The monoisotopic (exact) mass is 313 g/mol. The van der Waals surface area contributed by atoms with Gasteiger partial charge in [-0.1, -0.05) is 18.2 Å². The van der Waals surface area contributed by atoms with E-state index >= 15 is 0 Å². The molecule has 2 aromatic rings. The largest absolute Gasteiger partial charge is 0.478 e. The van der Waals surface area contributed by atoms with Crippen LogP contribution in [-0.4, -0.2) is 35.0 Å². The summed E-state index contributed by atoms with van der Waals surface area (Å²) in [6.45, 7) is 1.50. The second-order valence-electron chi connectivity index (χ2n) is 5.58. The summed E-state index contributed by atoms with van der Waals surface area (Å²) >= 11 is 0. The highest BCUT2D eigenvalue weighted by atomic mass is 19.1. The molecule has 0 spiro atoms. The average Bonchev–Trinajstić information content (AvgIpc) is 3.08. The number of rotatable bonds is 3. The van der Waals surface area contributed by atoms with Crippen LogP contribution in [0.15, 0.2) is 42.5 Å². The third-order valence-corrected chi connectivity index (χ3v) is 4.03. The Bertz CT molecular complexity index is 767. The lowest BCUT2D eigenvalue weighted by atomic mass is 9.97. The van der Waals surface area contributed by atoms with E-state index in [4.69, 9.17) is 0 Å². The number of carbonyl (C=O) groups is 2. The Kier molecular flexibility index (Phi) is 4.10. The molecule has 1 heterocycles. The fourth-order valence-corrected chi connectivity index (χ4v) is 2.87. The average molecular weight is 313 g/mol. The highest BCUT2D eigenvalue weighted by molar-refractivity contribution is 5.99. The van der Waals surface area contributed by atoms with E-state index in [9.17, 15) is 19.1 Å². The molecule has 1 aliphatic rings. The van der Waals surface area contributed by atoms with Gasteiger partial charge in [-0.2, -0.15) is 0 Å². The molecule has 1 aliphatic heterocycles. The summed E-state index contributed by atoms with van der Waals surface area (Å²) in [5.74, 6) is -1.85. The highest BCUT2D eigenvalue weighted by Crippen LogP contribution is 2.26. The zero-order valence-electron chi connectivity index (χ0n) is 12.5. The Balaban J connectivity index is 2.00. The van der Waals surface area contributed by atoms with Crippen molar-refractivity contribution in [1.29, 1.82) is 0 Å². The number of amides is 1. The molecule has 0 unspecified atom stereocenters. The molecule has 3 rings (SSSR count). The molecule has 4 nitrogen and oxygen atoms in total. The first-order chi connectivity index (χ1) is 11.1. The van der Waals surface area contributed by atoms with Gasteiger partial charge in [0.25, 0.3) is 5.91 Å². The van der Waals surface area contributed by atoms with Crippen molar-refractivity contribution in [3.63, 3.8) is 0 Å². The van der Waals surface area contributed by atoms with Gasteiger partial charge in [0.15, 0.2) is 0 Å². The maximum absolute atomic E-state index is 13.3. The van der Waals surface area contributed by atoms with Crippen molar-refractivity contribution in [2.45, 2.75) is 12.8 Å². The van der Waals surface area contributed by atoms with Crippen LogP contribution < -0.4 is 0 Å². The van der Waals surface area contributed by atoms with E-state index in [1.165, 1.54) is 12.1 Å². The van der Waals surface area contributed by atoms with Crippen molar-refractivity contribution in [1.82, 2.24) is 4.90 Å². The molecule has 0 atom stereocenters. The third-order valence-electron chi connectivity index (χ3n) is 4.03. The van der Waals surface area contributed by atoms with Crippen LogP contribution in [0.1, 0.15) is 33.6 Å². The standard InChI is InChI=1S/C18H16FNO3/c19-14-6-7-15(16(11-14)18(22)23)12-4-3-5-13(10-12)17(21)20-8-1-2-9-20/h3-7,10-11H,1-2,8-9H2,(H,22,23). The van der Waals surface area contributed by atoms with Crippen LogP contribution in [-0.2, 0) is 0 Å². The topological polar surface area (TPSA) is 57.6 Å². The quantitative estimate of drug-likeness (QED) is 0.944. The number of carboxylic acid groups (broad SMARTS) is 1.